The molecule has 0 bridgehead atoms. The summed E-state index contributed by atoms with van der Waals surface area (Å²) in [5.41, 5.74) is 1.28. The number of alkyl halides is 3. The zero-order valence-electron chi connectivity index (χ0n) is 23.1. The number of carboxylic acids is 1. The van der Waals surface area contributed by atoms with Crippen LogP contribution in [0, 0.1) is 6.92 Å². The monoisotopic (exact) mass is 583 g/mol. The van der Waals surface area contributed by atoms with Crippen LogP contribution in [0.25, 0.3) is 22.2 Å². The summed E-state index contributed by atoms with van der Waals surface area (Å²) in [4.78, 5) is 16.4. The van der Waals surface area contributed by atoms with Crippen molar-refractivity contribution >= 4 is 16.7 Å². The summed E-state index contributed by atoms with van der Waals surface area (Å²) in [5.74, 6) is 0.0308. The average molecular weight is 584 g/mol. The third-order valence-electron chi connectivity index (χ3n) is 7.41. The van der Waals surface area contributed by atoms with Gasteiger partial charge in [0, 0.05) is 5.56 Å². The largest absolute Gasteiger partial charge is 0.479 e. The van der Waals surface area contributed by atoms with E-state index in [2.05, 4.69) is 11.1 Å². The number of carboxylic acid groups (broad SMARTS) is 1. The summed E-state index contributed by atoms with van der Waals surface area (Å²) in [6.45, 7) is 1.83. The molecule has 0 aliphatic heterocycles. The number of aliphatic carboxylic acids is 1. The molecule has 1 heterocycles. The van der Waals surface area contributed by atoms with Gasteiger partial charge in [0.25, 0.3) is 0 Å². The van der Waals surface area contributed by atoms with Crippen LogP contribution in [0.4, 0.5) is 13.2 Å². The lowest BCUT2D eigenvalue weighted by molar-refractivity contribution is -0.159. The summed E-state index contributed by atoms with van der Waals surface area (Å²) < 4.78 is 61.7. The van der Waals surface area contributed by atoms with E-state index in [-0.39, 0.29) is 32.0 Å². The van der Waals surface area contributed by atoms with Crippen LogP contribution in [-0.4, -0.2) is 41.0 Å². The molecule has 1 aromatic heterocycles. The molecule has 0 amide bonds. The molecule has 0 spiro atoms. The Balaban J connectivity index is 1.10. The minimum Gasteiger partial charge on any atom is -0.479 e. The van der Waals surface area contributed by atoms with Crippen molar-refractivity contribution in [3.05, 3.63) is 89.3 Å². The van der Waals surface area contributed by atoms with Crippen molar-refractivity contribution in [2.45, 2.75) is 70.3 Å². The third kappa shape index (κ3) is 7.56. The predicted octanol–water partition coefficient (Wildman–Crippen LogP) is 7.34. The zero-order chi connectivity index (χ0) is 29.7. The number of nitrogens with zero attached hydrogens (tertiary/aromatic N) is 1. The van der Waals surface area contributed by atoms with Crippen molar-refractivity contribution in [1.29, 1.82) is 0 Å². The molecule has 3 atom stereocenters. The van der Waals surface area contributed by atoms with Crippen LogP contribution in [0.1, 0.15) is 48.3 Å². The smallest absolute Gasteiger partial charge is 0.416 e. The Morgan fingerprint density at radius 1 is 1.00 bits per heavy atom. The van der Waals surface area contributed by atoms with E-state index in [1.165, 1.54) is 12.1 Å². The molecule has 3 unspecified atom stereocenters. The highest BCUT2D eigenvalue weighted by atomic mass is 19.4. The Morgan fingerprint density at radius 3 is 2.43 bits per heavy atom. The molecule has 1 aliphatic carbocycles. The fourth-order valence-electron chi connectivity index (χ4n) is 5.01. The van der Waals surface area contributed by atoms with Gasteiger partial charge in [-0.05, 0) is 73.2 Å². The lowest BCUT2D eigenvalue weighted by Crippen LogP contribution is -2.34. The van der Waals surface area contributed by atoms with Crippen LogP contribution in [0.15, 0.2) is 71.1 Å². The van der Waals surface area contributed by atoms with Gasteiger partial charge in [0.05, 0.1) is 37.6 Å². The van der Waals surface area contributed by atoms with Crippen LogP contribution >= 0.6 is 0 Å². The van der Waals surface area contributed by atoms with E-state index in [1.807, 2.05) is 43.3 Å². The van der Waals surface area contributed by atoms with Crippen LogP contribution in [-0.2, 0) is 38.4 Å². The molecule has 42 heavy (non-hydrogen) atoms. The second kappa shape index (κ2) is 13.1. The predicted molar refractivity (Wildman–Crippen MR) is 149 cm³/mol. The van der Waals surface area contributed by atoms with Gasteiger partial charge in [0.1, 0.15) is 11.5 Å². The lowest BCUT2D eigenvalue weighted by Gasteiger charge is -2.29. The molecule has 4 aromatic rings. The van der Waals surface area contributed by atoms with Crippen molar-refractivity contribution < 1.29 is 41.7 Å². The fourth-order valence-corrected chi connectivity index (χ4v) is 5.01. The number of hydrogen-bond acceptors (Lipinski definition) is 6. The molecule has 1 fully saturated rings. The number of hydrogen-bond donors (Lipinski definition) is 1. The molecule has 10 heteroatoms. The molecule has 1 aliphatic rings. The number of benzene rings is 3. The normalized spacial score (nSPS) is 18.3. The number of ether oxygens (including phenoxy) is 3. The first-order valence-electron chi connectivity index (χ1n) is 13.8. The fraction of sp³-hybridized carbons (Fsp3) is 0.375. The first-order chi connectivity index (χ1) is 20.2. The van der Waals surface area contributed by atoms with E-state index in [1.54, 1.807) is 0 Å². The van der Waals surface area contributed by atoms with E-state index in [4.69, 9.17) is 18.6 Å². The maximum Gasteiger partial charge on any atom is 0.416 e. The molecule has 3 aromatic carbocycles. The quantitative estimate of drug-likeness (QED) is 0.198. The van der Waals surface area contributed by atoms with E-state index < -0.39 is 23.8 Å². The number of carbonyl (C=O) groups is 1. The summed E-state index contributed by atoms with van der Waals surface area (Å²) in [7, 11) is 0. The maximum atomic E-state index is 12.8. The minimum atomic E-state index is -4.44. The van der Waals surface area contributed by atoms with E-state index in [0.717, 1.165) is 53.4 Å². The van der Waals surface area contributed by atoms with Crippen molar-refractivity contribution in [3.63, 3.8) is 0 Å². The SMILES string of the molecule is Cc1oc(-c2ccc3ccccc3c2)nc1COC1CCCC(OCC(OCc2ccc(C(F)(F)F)cc2)C(=O)O)C1. The summed E-state index contributed by atoms with van der Waals surface area (Å²) in [5, 5.41) is 11.8. The molecule has 0 radical (unpaired) electrons. The number of halogens is 3. The molecule has 5 rings (SSSR count). The number of aryl methyl sites for hydroxylation is 1. The van der Waals surface area contributed by atoms with Gasteiger partial charge in [0.15, 0.2) is 6.10 Å². The van der Waals surface area contributed by atoms with Crippen molar-refractivity contribution in [2.24, 2.45) is 0 Å². The standard InChI is InChI=1S/C32H32F3NO6/c1-20-28(36-30(42-20)24-12-11-22-5-2-3-6-23(22)15-24)18-39-26-7-4-8-27(16-26)40-19-29(31(37)38)41-17-21-9-13-25(14-10-21)32(33,34)35/h2-3,5-6,9-15,26-27,29H,4,7-8,16-19H2,1H3,(H,37,38). The Labute approximate surface area is 241 Å². The van der Waals surface area contributed by atoms with Crippen LogP contribution < -0.4 is 0 Å². The number of rotatable bonds is 11. The van der Waals surface area contributed by atoms with Gasteiger partial charge in [0.2, 0.25) is 5.89 Å². The molecule has 0 saturated heterocycles. The third-order valence-corrected chi connectivity index (χ3v) is 7.41. The van der Waals surface area contributed by atoms with Gasteiger partial charge in [-0.3, -0.25) is 0 Å². The number of oxazole rings is 1. The second-order valence-corrected chi connectivity index (χ2v) is 10.5. The van der Waals surface area contributed by atoms with Gasteiger partial charge in [-0.1, -0.05) is 42.5 Å². The molecule has 1 N–H and O–H groups in total. The summed E-state index contributed by atoms with van der Waals surface area (Å²) in [6, 6.07) is 18.6. The van der Waals surface area contributed by atoms with Gasteiger partial charge < -0.3 is 23.7 Å². The zero-order valence-corrected chi connectivity index (χ0v) is 23.1. The highest BCUT2D eigenvalue weighted by Gasteiger charge is 2.30. The van der Waals surface area contributed by atoms with Gasteiger partial charge in [-0.2, -0.15) is 13.2 Å². The molecule has 7 nitrogen and oxygen atoms in total. The highest BCUT2D eigenvalue weighted by Crippen LogP contribution is 2.30. The van der Waals surface area contributed by atoms with Crippen LogP contribution in [0.3, 0.4) is 0 Å². The van der Waals surface area contributed by atoms with Crippen molar-refractivity contribution in [3.8, 4) is 11.5 Å². The van der Waals surface area contributed by atoms with E-state index in [9.17, 15) is 23.1 Å². The van der Waals surface area contributed by atoms with Gasteiger partial charge in [-0.25, -0.2) is 9.78 Å². The summed E-state index contributed by atoms with van der Waals surface area (Å²) in [6.07, 6.45) is -2.90. The van der Waals surface area contributed by atoms with E-state index >= 15 is 0 Å². The molecule has 222 valence electrons. The minimum absolute atomic E-state index is 0.0830. The first kappa shape index (κ1) is 29.8. The Kier molecular flexibility index (Phi) is 9.25. The van der Waals surface area contributed by atoms with Gasteiger partial charge >= 0.3 is 12.1 Å². The second-order valence-electron chi connectivity index (χ2n) is 10.5. The Bertz CT molecular complexity index is 1500. The number of fused-ring (bicyclic) bond motifs is 1. The lowest BCUT2D eigenvalue weighted by atomic mass is 9.95. The topological polar surface area (TPSA) is 91.0 Å². The summed E-state index contributed by atoms with van der Waals surface area (Å²) >= 11 is 0. The average Bonchev–Trinajstić information content (AvgIpc) is 3.36. The van der Waals surface area contributed by atoms with Crippen LogP contribution in [0.2, 0.25) is 0 Å². The Morgan fingerprint density at radius 2 is 1.71 bits per heavy atom. The molecule has 1 saturated carbocycles. The molecular formula is C32H32F3NO6. The first-order valence-corrected chi connectivity index (χ1v) is 13.8. The van der Waals surface area contributed by atoms with Crippen LogP contribution in [0.5, 0.6) is 0 Å². The van der Waals surface area contributed by atoms with Gasteiger partial charge in [-0.15, -0.1) is 0 Å². The maximum absolute atomic E-state index is 12.8. The number of aromatic nitrogens is 1. The van der Waals surface area contributed by atoms with Crippen molar-refractivity contribution in [1.82, 2.24) is 4.98 Å². The van der Waals surface area contributed by atoms with Crippen molar-refractivity contribution in [2.75, 3.05) is 6.61 Å². The van der Waals surface area contributed by atoms with E-state index in [0.29, 0.717) is 23.6 Å². The molecular weight excluding hydrogens is 551 g/mol. The highest BCUT2D eigenvalue weighted by molar-refractivity contribution is 5.86. The Hall–Kier alpha value is -3.73.